The summed E-state index contributed by atoms with van der Waals surface area (Å²) in [4.78, 5) is 26.8. The third kappa shape index (κ3) is 3.16. The number of hydrogen-bond donors (Lipinski definition) is 1. The summed E-state index contributed by atoms with van der Waals surface area (Å²) >= 11 is 0. The van der Waals surface area contributed by atoms with E-state index in [2.05, 4.69) is 10.2 Å². The molecule has 1 amide bonds. The van der Waals surface area contributed by atoms with Crippen molar-refractivity contribution < 1.29 is 9.59 Å². The predicted molar refractivity (Wildman–Crippen MR) is 83.2 cm³/mol. The molecule has 0 spiro atoms. The maximum Gasteiger partial charge on any atom is 0.227 e. The maximum atomic E-state index is 12.7. The molecule has 4 heteroatoms. The van der Waals surface area contributed by atoms with Gasteiger partial charge in [-0.25, -0.2) is 0 Å². The second-order valence-corrected chi connectivity index (χ2v) is 6.01. The van der Waals surface area contributed by atoms with Crippen LogP contribution in [0.3, 0.4) is 0 Å². The van der Waals surface area contributed by atoms with E-state index in [0.717, 1.165) is 24.9 Å². The Kier molecular flexibility index (Phi) is 4.78. The van der Waals surface area contributed by atoms with Crippen molar-refractivity contribution in [2.45, 2.75) is 32.7 Å². The van der Waals surface area contributed by atoms with Crippen molar-refractivity contribution in [3.63, 3.8) is 0 Å². The van der Waals surface area contributed by atoms with Gasteiger partial charge >= 0.3 is 0 Å². The fraction of sp³-hybridized carbons (Fsp3) is 0.529. The Labute approximate surface area is 126 Å². The molecule has 1 saturated heterocycles. The van der Waals surface area contributed by atoms with E-state index in [1.807, 2.05) is 44.2 Å². The van der Waals surface area contributed by atoms with Gasteiger partial charge in [-0.1, -0.05) is 37.3 Å². The highest BCUT2D eigenvalue weighted by Crippen LogP contribution is 2.32. The zero-order chi connectivity index (χ0) is 15.5. The van der Waals surface area contributed by atoms with Crippen LogP contribution in [-0.4, -0.2) is 42.8 Å². The largest absolute Gasteiger partial charge is 0.359 e. The number of likely N-dealkylation sites (tertiary alicyclic amines) is 1. The molecule has 1 aromatic carbocycles. The zero-order valence-electron chi connectivity index (χ0n) is 13.1. The van der Waals surface area contributed by atoms with Gasteiger partial charge in [0.05, 0.1) is 11.5 Å². The molecule has 1 aliphatic heterocycles. The molecule has 0 aromatic heterocycles. The molecule has 21 heavy (non-hydrogen) atoms. The Morgan fingerprint density at radius 1 is 1.33 bits per heavy atom. The van der Waals surface area contributed by atoms with Crippen molar-refractivity contribution in [3.8, 4) is 0 Å². The molecule has 2 atom stereocenters. The zero-order valence-corrected chi connectivity index (χ0v) is 13.1. The molecule has 1 aromatic rings. The average molecular weight is 288 g/mol. The monoisotopic (exact) mass is 288 g/mol. The smallest absolute Gasteiger partial charge is 0.227 e. The van der Waals surface area contributed by atoms with Crippen LogP contribution < -0.4 is 5.32 Å². The van der Waals surface area contributed by atoms with Gasteiger partial charge in [0.1, 0.15) is 0 Å². The Bertz CT molecular complexity index is 515. The van der Waals surface area contributed by atoms with Crippen LogP contribution in [0.15, 0.2) is 30.3 Å². The van der Waals surface area contributed by atoms with Gasteiger partial charge in [0.15, 0.2) is 5.78 Å². The van der Waals surface area contributed by atoms with Crippen LogP contribution in [-0.2, 0) is 4.79 Å². The molecule has 4 nitrogen and oxygen atoms in total. The van der Waals surface area contributed by atoms with E-state index < -0.39 is 0 Å². The van der Waals surface area contributed by atoms with E-state index in [-0.39, 0.29) is 23.1 Å². The highest BCUT2D eigenvalue weighted by atomic mass is 16.2. The molecule has 0 aliphatic carbocycles. The van der Waals surface area contributed by atoms with Crippen LogP contribution in [0.4, 0.5) is 0 Å². The molecule has 1 heterocycles. The van der Waals surface area contributed by atoms with Gasteiger partial charge in [0.25, 0.3) is 0 Å². The highest BCUT2D eigenvalue weighted by Gasteiger charge is 2.42. The second kappa shape index (κ2) is 6.39. The van der Waals surface area contributed by atoms with E-state index >= 15 is 0 Å². The fourth-order valence-electron chi connectivity index (χ4n) is 3.15. The van der Waals surface area contributed by atoms with Gasteiger partial charge in [0.2, 0.25) is 5.91 Å². The predicted octanol–water partition coefficient (Wildman–Crippen LogP) is 2.11. The van der Waals surface area contributed by atoms with Crippen LogP contribution in [0.2, 0.25) is 0 Å². The Morgan fingerprint density at radius 3 is 2.57 bits per heavy atom. The first kappa shape index (κ1) is 15.7. The van der Waals surface area contributed by atoms with Gasteiger partial charge in [-0.15, -0.1) is 0 Å². The van der Waals surface area contributed by atoms with Gasteiger partial charge in [0, 0.05) is 19.2 Å². The molecule has 1 N–H and O–H groups in total. The summed E-state index contributed by atoms with van der Waals surface area (Å²) in [7, 11) is 1.67. The highest BCUT2D eigenvalue weighted by molar-refractivity contribution is 6.00. The van der Waals surface area contributed by atoms with Crippen molar-refractivity contribution in [1.82, 2.24) is 10.2 Å². The summed E-state index contributed by atoms with van der Waals surface area (Å²) in [6, 6.07) is 9.27. The molecule has 114 valence electrons. The van der Waals surface area contributed by atoms with Crippen molar-refractivity contribution in [3.05, 3.63) is 35.9 Å². The van der Waals surface area contributed by atoms with Crippen LogP contribution in [0.5, 0.6) is 0 Å². The summed E-state index contributed by atoms with van der Waals surface area (Å²) in [5, 5.41) is 2.74. The molecular weight excluding hydrogens is 264 g/mol. The number of ketones is 1. The topological polar surface area (TPSA) is 49.4 Å². The number of hydrogen-bond acceptors (Lipinski definition) is 3. The molecule has 0 bridgehead atoms. The molecule has 1 aliphatic rings. The lowest BCUT2D eigenvalue weighted by molar-refractivity contribution is -0.129. The number of nitrogens with zero attached hydrogens (tertiary/aromatic N) is 1. The van der Waals surface area contributed by atoms with Crippen LogP contribution in [0, 0.1) is 5.41 Å². The first-order chi connectivity index (χ1) is 10.0. The van der Waals surface area contributed by atoms with Crippen LogP contribution in [0.1, 0.15) is 37.0 Å². The molecule has 0 radical (unpaired) electrons. The molecule has 1 fully saturated rings. The standard InChI is InChI=1S/C17H24N2O2/c1-4-14(15(20)13-8-6-5-7-9-13)19-11-10-17(2,12-19)16(21)18-3/h5-9,14H,4,10-12H2,1-3H3,(H,18,21). The van der Waals surface area contributed by atoms with Crippen molar-refractivity contribution in [2.24, 2.45) is 5.41 Å². The SMILES string of the molecule is CCC(C(=O)c1ccccc1)N1CCC(C)(C(=O)NC)C1. The van der Waals surface area contributed by atoms with Gasteiger partial charge in [-0.2, -0.15) is 0 Å². The van der Waals surface area contributed by atoms with E-state index in [1.165, 1.54) is 0 Å². The number of carbonyl (C=O) groups is 2. The molecule has 2 unspecified atom stereocenters. The van der Waals surface area contributed by atoms with Crippen LogP contribution in [0.25, 0.3) is 0 Å². The lowest BCUT2D eigenvalue weighted by atomic mass is 9.88. The number of rotatable bonds is 5. The molecule has 2 rings (SSSR count). The minimum atomic E-state index is -0.390. The summed E-state index contributed by atoms with van der Waals surface area (Å²) in [5.74, 6) is 0.214. The fourth-order valence-corrected chi connectivity index (χ4v) is 3.15. The number of carbonyl (C=O) groups excluding carboxylic acids is 2. The summed E-state index contributed by atoms with van der Waals surface area (Å²) in [6.45, 7) is 5.44. The first-order valence-electron chi connectivity index (χ1n) is 7.57. The minimum Gasteiger partial charge on any atom is -0.359 e. The number of nitrogens with one attached hydrogen (secondary N) is 1. The first-order valence-corrected chi connectivity index (χ1v) is 7.57. The quantitative estimate of drug-likeness (QED) is 0.844. The number of benzene rings is 1. The maximum absolute atomic E-state index is 12.7. The van der Waals surface area contributed by atoms with Crippen molar-refractivity contribution in [1.29, 1.82) is 0 Å². The van der Waals surface area contributed by atoms with E-state index in [0.29, 0.717) is 6.54 Å². The lowest BCUT2D eigenvalue weighted by Crippen LogP contribution is -2.44. The van der Waals surface area contributed by atoms with Gasteiger partial charge in [-0.3, -0.25) is 14.5 Å². The average Bonchev–Trinajstić information content (AvgIpc) is 2.91. The Hall–Kier alpha value is -1.68. The number of amides is 1. The summed E-state index contributed by atoms with van der Waals surface area (Å²) in [6.07, 6.45) is 1.56. The normalized spacial score (nSPS) is 23.8. The molecular formula is C17H24N2O2. The van der Waals surface area contributed by atoms with Crippen molar-refractivity contribution >= 4 is 11.7 Å². The summed E-state index contributed by atoms with van der Waals surface area (Å²) in [5.41, 5.74) is 0.358. The summed E-state index contributed by atoms with van der Waals surface area (Å²) < 4.78 is 0. The molecule has 0 saturated carbocycles. The third-order valence-corrected chi connectivity index (χ3v) is 4.47. The second-order valence-electron chi connectivity index (χ2n) is 6.01. The van der Waals surface area contributed by atoms with E-state index in [4.69, 9.17) is 0 Å². The van der Waals surface area contributed by atoms with Crippen molar-refractivity contribution in [2.75, 3.05) is 20.1 Å². The van der Waals surface area contributed by atoms with E-state index in [9.17, 15) is 9.59 Å². The van der Waals surface area contributed by atoms with Crippen LogP contribution >= 0.6 is 0 Å². The van der Waals surface area contributed by atoms with Gasteiger partial charge in [-0.05, 0) is 26.3 Å². The lowest BCUT2D eigenvalue weighted by Gasteiger charge is -2.28. The minimum absolute atomic E-state index is 0.0620. The Morgan fingerprint density at radius 2 is 2.00 bits per heavy atom. The Balaban J connectivity index is 2.13. The number of Topliss-reactive ketones (excluding diaryl/α,β-unsaturated/α-hetero) is 1. The van der Waals surface area contributed by atoms with Gasteiger partial charge < -0.3 is 5.32 Å². The third-order valence-electron chi connectivity index (χ3n) is 4.47. The van der Waals surface area contributed by atoms with E-state index in [1.54, 1.807) is 7.05 Å².